The van der Waals surface area contributed by atoms with Crippen molar-refractivity contribution in [1.29, 1.82) is 0 Å². The molecule has 5 heteroatoms. The minimum atomic E-state index is 0.120. The van der Waals surface area contributed by atoms with Gasteiger partial charge in [-0.1, -0.05) is 11.6 Å². The Kier molecular flexibility index (Phi) is 4.07. The summed E-state index contributed by atoms with van der Waals surface area (Å²) >= 11 is 0. The Morgan fingerprint density at radius 2 is 1.92 bits per heavy atom. The third-order valence-corrected chi connectivity index (χ3v) is 6.98. The summed E-state index contributed by atoms with van der Waals surface area (Å²) < 4.78 is 5.49. The summed E-state index contributed by atoms with van der Waals surface area (Å²) in [6.45, 7) is 4.21. The molecule has 1 aromatic heterocycles. The summed E-state index contributed by atoms with van der Waals surface area (Å²) in [6, 6.07) is 0.547. The number of rotatable bonds is 3. The third kappa shape index (κ3) is 2.90. The topological polar surface area (TPSA) is 49.6 Å². The first kappa shape index (κ1) is 15.9. The fourth-order valence-electron chi connectivity index (χ4n) is 5.28. The molecule has 136 valence electrons. The second kappa shape index (κ2) is 6.42. The van der Waals surface area contributed by atoms with Gasteiger partial charge in [-0.25, -0.2) is 0 Å². The lowest BCUT2D eigenvalue weighted by Gasteiger charge is -2.40. The molecule has 0 N–H and O–H groups in total. The highest BCUT2D eigenvalue weighted by Gasteiger charge is 2.39. The molecule has 6 rings (SSSR count). The first-order chi connectivity index (χ1) is 12.3. The molecule has 4 heterocycles. The molecule has 5 aliphatic rings. The average molecular weight is 343 g/mol. The summed E-state index contributed by atoms with van der Waals surface area (Å²) in [5, 5.41) is 4.18. The number of hydrogen-bond acceptors (Lipinski definition) is 4. The van der Waals surface area contributed by atoms with E-state index >= 15 is 0 Å². The van der Waals surface area contributed by atoms with Gasteiger partial charge in [0.2, 0.25) is 0 Å². The first-order valence-electron chi connectivity index (χ1n) is 10.3. The van der Waals surface area contributed by atoms with Gasteiger partial charge in [0.25, 0.3) is 5.91 Å². The van der Waals surface area contributed by atoms with Crippen LogP contribution in [-0.4, -0.2) is 53.1 Å². The fourth-order valence-corrected chi connectivity index (χ4v) is 5.28. The van der Waals surface area contributed by atoms with Gasteiger partial charge in [0.15, 0.2) is 5.69 Å². The Morgan fingerprint density at radius 3 is 2.76 bits per heavy atom. The summed E-state index contributed by atoms with van der Waals surface area (Å²) in [5.41, 5.74) is 1.71. The van der Waals surface area contributed by atoms with E-state index in [4.69, 9.17) is 4.52 Å². The summed E-state index contributed by atoms with van der Waals surface area (Å²) in [6.07, 6.45) is 10.9. The summed E-state index contributed by atoms with van der Waals surface area (Å²) in [5.74, 6) is 2.62. The SMILES string of the molecule is O=C(c1noc2c1CCCC2)N1C[C@@H]2CC[C@H](C1)N(CC1CCC1)C2. The number of aryl methyl sites for hydroxylation is 1. The van der Waals surface area contributed by atoms with E-state index < -0.39 is 0 Å². The van der Waals surface area contributed by atoms with E-state index in [-0.39, 0.29) is 5.91 Å². The van der Waals surface area contributed by atoms with Crippen molar-refractivity contribution in [3.63, 3.8) is 0 Å². The van der Waals surface area contributed by atoms with Crippen LogP contribution >= 0.6 is 0 Å². The Bertz CT molecular complexity index is 651. The molecule has 0 radical (unpaired) electrons. The Balaban J connectivity index is 1.33. The maximum Gasteiger partial charge on any atom is 0.276 e. The molecule has 3 aliphatic heterocycles. The van der Waals surface area contributed by atoms with Crippen LogP contribution in [0.4, 0.5) is 0 Å². The monoisotopic (exact) mass is 343 g/mol. The van der Waals surface area contributed by atoms with Gasteiger partial charge >= 0.3 is 0 Å². The number of amides is 1. The van der Waals surface area contributed by atoms with E-state index in [1.807, 2.05) is 0 Å². The minimum absolute atomic E-state index is 0.120. The lowest BCUT2D eigenvalue weighted by atomic mass is 9.83. The van der Waals surface area contributed by atoms with Gasteiger partial charge in [0.1, 0.15) is 5.76 Å². The predicted molar refractivity (Wildman–Crippen MR) is 94.5 cm³/mol. The average Bonchev–Trinajstić information content (AvgIpc) is 2.81. The molecule has 1 aromatic rings. The number of piperidine rings is 1. The first-order valence-corrected chi connectivity index (χ1v) is 10.3. The maximum atomic E-state index is 13.2. The molecule has 0 aromatic carbocycles. The number of carbonyl (C=O) groups excluding carboxylic acids is 1. The van der Waals surface area contributed by atoms with Gasteiger partial charge in [-0.15, -0.1) is 0 Å². The Morgan fingerprint density at radius 1 is 1.04 bits per heavy atom. The van der Waals surface area contributed by atoms with Gasteiger partial charge in [0.05, 0.1) is 0 Å². The van der Waals surface area contributed by atoms with Gasteiger partial charge in [-0.2, -0.15) is 0 Å². The second-order valence-corrected chi connectivity index (χ2v) is 8.70. The highest BCUT2D eigenvalue weighted by Crippen LogP contribution is 2.34. The van der Waals surface area contributed by atoms with Crippen LogP contribution in [0.5, 0.6) is 0 Å². The van der Waals surface area contributed by atoms with Crippen molar-refractivity contribution >= 4 is 5.91 Å². The van der Waals surface area contributed by atoms with Crippen LogP contribution in [0.15, 0.2) is 4.52 Å². The molecule has 5 nitrogen and oxygen atoms in total. The zero-order chi connectivity index (χ0) is 16.8. The normalized spacial score (nSPS) is 30.0. The van der Waals surface area contributed by atoms with Gasteiger partial charge in [-0.05, 0) is 56.8 Å². The molecule has 0 unspecified atom stereocenters. The number of hydrogen-bond donors (Lipinski definition) is 0. The minimum Gasteiger partial charge on any atom is -0.360 e. The van der Waals surface area contributed by atoms with Crippen molar-refractivity contribution in [2.75, 3.05) is 26.2 Å². The van der Waals surface area contributed by atoms with Crippen LogP contribution in [0.1, 0.15) is 66.8 Å². The molecule has 2 aliphatic carbocycles. The zero-order valence-corrected chi connectivity index (χ0v) is 15.1. The van der Waals surface area contributed by atoms with Gasteiger partial charge < -0.3 is 9.42 Å². The molecule has 3 saturated heterocycles. The van der Waals surface area contributed by atoms with Crippen molar-refractivity contribution in [2.45, 2.75) is 63.8 Å². The number of aromatic nitrogens is 1. The van der Waals surface area contributed by atoms with Gasteiger partial charge in [0, 0.05) is 44.2 Å². The van der Waals surface area contributed by atoms with Crippen molar-refractivity contribution < 1.29 is 9.32 Å². The maximum absolute atomic E-state index is 13.2. The standard InChI is InChI=1S/C20H29N3O2/c24-20(19-17-6-1-2-7-18(17)25-21-19)23-12-15-8-9-16(13-23)22(11-15)10-14-4-3-5-14/h14-16H,1-13H2/t15-,16-/m1/s1. The summed E-state index contributed by atoms with van der Waals surface area (Å²) in [4.78, 5) is 18.0. The smallest absolute Gasteiger partial charge is 0.276 e. The molecular weight excluding hydrogens is 314 g/mol. The molecule has 2 bridgehead atoms. The molecule has 1 amide bonds. The molecular formula is C20H29N3O2. The number of fused-ring (bicyclic) bond motifs is 5. The highest BCUT2D eigenvalue weighted by molar-refractivity contribution is 5.94. The highest BCUT2D eigenvalue weighted by atomic mass is 16.5. The van der Waals surface area contributed by atoms with E-state index in [0.717, 1.165) is 56.0 Å². The van der Waals surface area contributed by atoms with Crippen molar-refractivity contribution in [3.8, 4) is 0 Å². The largest absolute Gasteiger partial charge is 0.360 e. The van der Waals surface area contributed by atoms with Crippen molar-refractivity contribution in [3.05, 3.63) is 17.0 Å². The number of carbonyl (C=O) groups is 1. The van der Waals surface area contributed by atoms with Crippen LogP contribution in [0.3, 0.4) is 0 Å². The lowest BCUT2D eigenvalue weighted by molar-refractivity contribution is 0.0707. The number of nitrogens with zero attached hydrogens (tertiary/aromatic N) is 3. The second-order valence-electron chi connectivity index (χ2n) is 8.70. The van der Waals surface area contributed by atoms with Crippen LogP contribution in [0, 0.1) is 11.8 Å². The summed E-state index contributed by atoms with van der Waals surface area (Å²) in [7, 11) is 0. The molecule has 2 atom stereocenters. The molecule has 25 heavy (non-hydrogen) atoms. The van der Waals surface area contributed by atoms with Crippen molar-refractivity contribution in [1.82, 2.24) is 15.0 Å². The predicted octanol–water partition coefficient (Wildman–Crippen LogP) is 2.89. The Labute approximate surface area is 149 Å². The van der Waals surface area contributed by atoms with Crippen LogP contribution in [0.25, 0.3) is 0 Å². The fraction of sp³-hybridized carbons (Fsp3) is 0.800. The van der Waals surface area contributed by atoms with Crippen LogP contribution in [-0.2, 0) is 12.8 Å². The third-order valence-electron chi connectivity index (χ3n) is 6.98. The van der Waals surface area contributed by atoms with Crippen LogP contribution in [0.2, 0.25) is 0 Å². The zero-order valence-electron chi connectivity index (χ0n) is 15.1. The Hall–Kier alpha value is -1.36. The van der Waals surface area contributed by atoms with E-state index in [1.54, 1.807) is 0 Å². The molecule has 0 spiro atoms. The molecule has 1 saturated carbocycles. The van der Waals surface area contributed by atoms with Gasteiger partial charge in [-0.3, -0.25) is 9.69 Å². The lowest BCUT2D eigenvalue weighted by Crippen LogP contribution is -2.47. The van der Waals surface area contributed by atoms with E-state index in [2.05, 4.69) is 15.0 Å². The quantitative estimate of drug-likeness (QED) is 0.847. The van der Waals surface area contributed by atoms with E-state index in [1.165, 1.54) is 45.2 Å². The van der Waals surface area contributed by atoms with E-state index in [9.17, 15) is 4.79 Å². The van der Waals surface area contributed by atoms with E-state index in [0.29, 0.717) is 17.7 Å². The van der Waals surface area contributed by atoms with Crippen LogP contribution < -0.4 is 0 Å². The molecule has 4 fully saturated rings. The van der Waals surface area contributed by atoms with Crippen molar-refractivity contribution in [2.24, 2.45) is 11.8 Å².